The number of nitrogens with zero attached hydrogens (tertiary/aromatic N) is 2. The lowest BCUT2D eigenvalue weighted by Crippen LogP contribution is -2.13. The molecule has 2 aromatic rings. The summed E-state index contributed by atoms with van der Waals surface area (Å²) in [5.74, 6) is 1.70. The van der Waals surface area contributed by atoms with Crippen LogP contribution in [0.1, 0.15) is 37.6 Å². The van der Waals surface area contributed by atoms with E-state index in [1.165, 1.54) is 5.56 Å². The molecule has 0 unspecified atom stereocenters. The van der Waals surface area contributed by atoms with Crippen LogP contribution in [0.5, 0.6) is 11.6 Å². The second-order valence-corrected chi connectivity index (χ2v) is 6.37. The van der Waals surface area contributed by atoms with E-state index in [0.717, 1.165) is 29.4 Å². The maximum absolute atomic E-state index is 6.23. The van der Waals surface area contributed by atoms with Gasteiger partial charge in [-0.15, -0.1) is 0 Å². The molecule has 114 valence electrons. The molecule has 1 aromatic heterocycles. The fourth-order valence-corrected chi connectivity index (χ4v) is 2.47. The monoisotopic (exact) mass is 287 g/mol. The number of ether oxygens (including phenoxy) is 1. The highest BCUT2D eigenvalue weighted by molar-refractivity contribution is 5.42. The first-order valence-electron chi connectivity index (χ1n) is 7.29. The maximum Gasteiger partial charge on any atom is 0.222 e. The van der Waals surface area contributed by atoms with Crippen LogP contribution in [0.15, 0.2) is 24.3 Å². The molecule has 0 radical (unpaired) electrons. The number of hydrogen-bond donors (Lipinski definition) is 1. The van der Waals surface area contributed by atoms with Crippen molar-refractivity contribution in [3.63, 3.8) is 0 Å². The predicted molar refractivity (Wildman–Crippen MR) is 85.9 cm³/mol. The van der Waals surface area contributed by atoms with Gasteiger partial charge in [0.05, 0.1) is 11.3 Å². The Morgan fingerprint density at radius 2 is 1.90 bits per heavy atom. The van der Waals surface area contributed by atoms with Crippen LogP contribution in [0.4, 0.5) is 0 Å². The van der Waals surface area contributed by atoms with E-state index in [4.69, 9.17) is 4.74 Å². The molecule has 4 heteroatoms. The first-order chi connectivity index (χ1) is 9.84. The zero-order valence-corrected chi connectivity index (χ0v) is 13.8. The highest BCUT2D eigenvalue weighted by Gasteiger charge is 2.21. The van der Waals surface area contributed by atoms with Crippen molar-refractivity contribution in [2.45, 2.75) is 39.7 Å². The Kier molecular flexibility index (Phi) is 4.37. The zero-order valence-electron chi connectivity index (χ0n) is 13.8. The Morgan fingerprint density at radius 3 is 2.52 bits per heavy atom. The third-order valence-corrected chi connectivity index (χ3v) is 3.54. The molecule has 0 amide bonds. The number of aromatic nitrogens is 2. The van der Waals surface area contributed by atoms with Gasteiger partial charge in [-0.25, -0.2) is 4.68 Å². The number of hydrogen-bond acceptors (Lipinski definition) is 3. The largest absolute Gasteiger partial charge is 0.439 e. The number of benzene rings is 1. The van der Waals surface area contributed by atoms with Crippen molar-refractivity contribution in [1.29, 1.82) is 0 Å². The molecule has 0 saturated carbocycles. The molecule has 0 aliphatic heterocycles. The molecule has 4 nitrogen and oxygen atoms in total. The highest BCUT2D eigenvalue weighted by Crippen LogP contribution is 2.35. The first-order valence-corrected chi connectivity index (χ1v) is 7.29. The third-order valence-electron chi connectivity index (χ3n) is 3.54. The molecule has 1 aromatic carbocycles. The Hall–Kier alpha value is -1.81. The van der Waals surface area contributed by atoms with E-state index in [-0.39, 0.29) is 5.41 Å². The molecular weight excluding hydrogens is 262 g/mol. The van der Waals surface area contributed by atoms with Gasteiger partial charge in [0, 0.05) is 19.2 Å². The Labute approximate surface area is 127 Å². The fraction of sp³-hybridized carbons (Fsp3) is 0.471. The molecule has 0 fully saturated rings. The average Bonchev–Trinajstić information content (AvgIpc) is 2.66. The smallest absolute Gasteiger partial charge is 0.222 e. The Morgan fingerprint density at radius 1 is 1.24 bits per heavy atom. The summed E-state index contributed by atoms with van der Waals surface area (Å²) in [5, 5.41) is 7.65. The average molecular weight is 287 g/mol. The summed E-state index contributed by atoms with van der Waals surface area (Å²) in [6.07, 6.45) is 0. The summed E-state index contributed by atoms with van der Waals surface area (Å²) < 4.78 is 8.04. The standard InChI is InChI=1S/C17H25N3O/c1-12-13(11-18-5)16(20(6)19-12)21-15-10-8-7-9-14(15)17(2,3)4/h7-10,18H,11H2,1-6H3. The summed E-state index contributed by atoms with van der Waals surface area (Å²) >= 11 is 0. The van der Waals surface area contributed by atoms with Crippen LogP contribution in [0.3, 0.4) is 0 Å². The predicted octanol–water partition coefficient (Wildman–Crippen LogP) is 3.54. The number of aryl methyl sites for hydroxylation is 2. The van der Waals surface area contributed by atoms with Crippen LogP contribution in [-0.4, -0.2) is 16.8 Å². The normalized spacial score (nSPS) is 11.7. The van der Waals surface area contributed by atoms with E-state index in [2.05, 4.69) is 43.3 Å². The Bertz CT molecular complexity index is 623. The van der Waals surface area contributed by atoms with Gasteiger partial charge >= 0.3 is 0 Å². The van der Waals surface area contributed by atoms with E-state index in [1.54, 1.807) is 4.68 Å². The molecule has 21 heavy (non-hydrogen) atoms. The third kappa shape index (κ3) is 3.27. The van der Waals surface area contributed by atoms with Gasteiger partial charge in [0.2, 0.25) is 5.88 Å². The van der Waals surface area contributed by atoms with Gasteiger partial charge in [-0.05, 0) is 25.5 Å². The highest BCUT2D eigenvalue weighted by atomic mass is 16.5. The van der Waals surface area contributed by atoms with Crippen molar-refractivity contribution in [1.82, 2.24) is 15.1 Å². The van der Waals surface area contributed by atoms with Crippen LogP contribution in [-0.2, 0) is 19.0 Å². The summed E-state index contributed by atoms with van der Waals surface area (Å²) in [4.78, 5) is 0. The summed E-state index contributed by atoms with van der Waals surface area (Å²) in [7, 11) is 3.85. The van der Waals surface area contributed by atoms with Crippen molar-refractivity contribution in [2.24, 2.45) is 7.05 Å². The molecule has 0 saturated heterocycles. The maximum atomic E-state index is 6.23. The minimum atomic E-state index is 0.0351. The van der Waals surface area contributed by atoms with Gasteiger partial charge < -0.3 is 10.1 Å². The van der Waals surface area contributed by atoms with Crippen LogP contribution >= 0.6 is 0 Å². The van der Waals surface area contributed by atoms with Crippen molar-refractivity contribution in [3.8, 4) is 11.6 Å². The molecule has 1 heterocycles. The van der Waals surface area contributed by atoms with Crippen molar-refractivity contribution in [2.75, 3.05) is 7.05 Å². The van der Waals surface area contributed by atoms with Gasteiger partial charge in [0.1, 0.15) is 5.75 Å². The van der Waals surface area contributed by atoms with Crippen LogP contribution < -0.4 is 10.1 Å². The van der Waals surface area contributed by atoms with Gasteiger partial charge in [0.15, 0.2) is 0 Å². The quantitative estimate of drug-likeness (QED) is 0.935. The molecule has 0 spiro atoms. The number of nitrogens with one attached hydrogen (secondary N) is 1. The van der Waals surface area contributed by atoms with Crippen LogP contribution in [0.25, 0.3) is 0 Å². The molecule has 0 aliphatic rings. The lowest BCUT2D eigenvalue weighted by Gasteiger charge is -2.22. The van der Waals surface area contributed by atoms with Crippen molar-refractivity contribution >= 4 is 0 Å². The molecule has 0 aliphatic carbocycles. The summed E-state index contributed by atoms with van der Waals surface area (Å²) in [5.41, 5.74) is 3.32. The molecule has 1 N–H and O–H groups in total. The lowest BCUT2D eigenvalue weighted by atomic mass is 9.86. The van der Waals surface area contributed by atoms with Crippen LogP contribution in [0.2, 0.25) is 0 Å². The number of rotatable bonds is 4. The minimum Gasteiger partial charge on any atom is -0.439 e. The Balaban J connectivity index is 2.44. The summed E-state index contributed by atoms with van der Waals surface area (Å²) in [6, 6.07) is 8.20. The van der Waals surface area contributed by atoms with Crippen LogP contribution in [0, 0.1) is 6.92 Å². The topological polar surface area (TPSA) is 39.1 Å². The second-order valence-electron chi connectivity index (χ2n) is 6.37. The van der Waals surface area contributed by atoms with E-state index in [9.17, 15) is 0 Å². The first kappa shape index (κ1) is 15.6. The van der Waals surface area contributed by atoms with E-state index in [1.807, 2.05) is 33.2 Å². The minimum absolute atomic E-state index is 0.0351. The second kappa shape index (κ2) is 5.90. The molecule has 0 bridgehead atoms. The number of para-hydroxylation sites is 1. The van der Waals surface area contributed by atoms with Gasteiger partial charge in [-0.3, -0.25) is 0 Å². The SMILES string of the molecule is CNCc1c(C)nn(C)c1Oc1ccccc1C(C)(C)C. The molecule has 0 atom stereocenters. The van der Waals surface area contributed by atoms with Crippen molar-refractivity contribution in [3.05, 3.63) is 41.1 Å². The molecular formula is C17H25N3O. The van der Waals surface area contributed by atoms with Crippen molar-refractivity contribution < 1.29 is 4.74 Å². The lowest BCUT2D eigenvalue weighted by molar-refractivity contribution is 0.409. The molecule has 2 rings (SSSR count). The summed E-state index contributed by atoms with van der Waals surface area (Å²) in [6.45, 7) is 9.33. The van der Waals surface area contributed by atoms with Gasteiger partial charge in [-0.2, -0.15) is 5.10 Å². The van der Waals surface area contributed by atoms with E-state index < -0.39 is 0 Å². The van der Waals surface area contributed by atoms with Gasteiger partial charge in [0.25, 0.3) is 0 Å². The zero-order chi connectivity index (χ0) is 15.6. The van der Waals surface area contributed by atoms with E-state index >= 15 is 0 Å². The fourth-order valence-electron chi connectivity index (χ4n) is 2.47. The van der Waals surface area contributed by atoms with E-state index in [0.29, 0.717) is 0 Å². The van der Waals surface area contributed by atoms with Gasteiger partial charge in [-0.1, -0.05) is 39.0 Å².